The summed E-state index contributed by atoms with van der Waals surface area (Å²) < 4.78 is 0. The zero-order valence-electron chi connectivity index (χ0n) is 13.8. The number of rotatable bonds is 6. The minimum absolute atomic E-state index is 0.119. The van der Waals surface area contributed by atoms with Crippen molar-refractivity contribution in [1.82, 2.24) is 10.2 Å². The first kappa shape index (κ1) is 16.8. The number of carbonyl (C=O) groups is 1. The third-order valence-corrected chi connectivity index (χ3v) is 5.43. The molecule has 1 N–H and O–H groups in total. The third-order valence-electron chi connectivity index (χ3n) is 5.08. The van der Waals surface area contributed by atoms with Gasteiger partial charge in [-0.25, -0.2) is 0 Å². The van der Waals surface area contributed by atoms with Gasteiger partial charge in [-0.05, 0) is 62.9 Å². The molecule has 3 nitrogen and oxygen atoms in total. The van der Waals surface area contributed by atoms with Crippen molar-refractivity contribution >= 4 is 17.5 Å². The van der Waals surface area contributed by atoms with Gasteiger partial charge < -0.3 is 10.2 Å². The van der Waals surface area contributed by atoms with Crippen molar-refractivity contribution in [3.8, 4) is 0 Å². The smallest absolute Gasteiger partial charge is 0.223 e. The van der Waals surface area contributed by atoms with Crippen molar-refractivity contribution in [3.05, 3.63) is 34.9 Å². The van der Waals surface area contributed by atoms with Crippen LogP contribution in [0, 0.1) is 5.92 Å². The van der Waals surface area contributed by atoms with Gasteiger partial charge in [0.15, 0.2) is 0 Å². The van der Waals surface area contributed by atoms with Crippen LogP contribution < -0.4 is 5.32 Å². The summed E-state index contributed by atoms with van der Waals surface area (Å²) in [5, 5.41) is 3.90. The van der Waals surface area contributed by atoms with Crippen molar-refractivity contribution < 1.29 is 4.79 Å². The number of likely N-dealkylation sites (tertiary alicyclic amines) is 1. The van der Waals surface area contributed by atoms with E-state index in [1.165, 1.54) is 38.8 Å². The fourth-order valence-electron chi connectivity index (χ4n) is 3.61. The maximum atomic E-state index is 12.2. The van der Waals surface area contributed by atoms with E-state index in [4.69, 9.17) is 11.6 Å². The Morgan fingerprint density at radius 1 is 1.17 bits per heavy atom. The molecule has 2 unspecified atom stereocenters. The van der Waals surface area contributed by atoms with E-state index in [2.05, 4.69) is 10.2 Å². The Hall–Kier alpha value is -1.06. The molecule has 0 aromatic heterocycles. The lowest BCUT2D eigenvalue weighted by molar-refractivity contribution is -0.122. The molecule has 2 aliphatic rings. The number of carbonyl (C=O) groups excluding carboxylic acids is 1. The maximum Gasteiger partial charge on any atom is 0.223 e. The van der Waals surface area contributed by atoms with Gasteiger partial charge in [0.25, 0.3) is 0 Å². The van der Waals surface area contributed by atoms with Crippen molar-refractivity contribution in [1.29, 1.82) is 0 Å². The molecule has 4 heteroatoms. The number of nitrogens with zero attached hydrogens (tertiary/aromatic N) is 1. The molecule has 3 rings (SSSR count). The molecule has 2 atom stereocenters. The molecule has 1 aliphatic heterocycles. The van der Waals surface area contributed by atoms with Crippen LogP contribution in [-0.4, -0.2) is 37.0 Å². The molecule has 0 bridgehead atoms. The molecule has 1 saturated heterocycles. The van der Waals surface area contributed by atoms with Gasteiger partial charge in [0, 0.05) is 17.5 Å². The minimum atomic E-state index is 0.119. The summed E-state index contributed by atoms with van der Waals surface area (Å²) in [4.78, 5) is 14.8. The van der Waals surface area contributed by atoms with Crippen molar-refractivity contribution in [2.45, 2.75) is 44.4 Å². The van der Waals surface area contributed by atoms with Crippen LogP contribution in [0.1, 0.15) is 50.0 Å². The zero-order chi connectivity index (χ0) is 16.1. The van der Waals surface area contributed by atoms with Crippen LogP contribution in [0.25, 0.3) is 0 Å². The van der Waals surface area contributed by atoms with Crippen molar-refractivity contribution in [2.75, 3.05) is 26.2 Å². The van der Waals surface area contributed by atoms with Gasteiger partial charge in [-0.3, -0.25) is 4.79 Å². The second-order valence-corrected chi connectivity index (χ2v) is 7.28. The van der Waals surface area contributed by atoms with Crippen molar-refractivity contribution in [3.63, 3.8) is 0 Å². The third kappa shape index (κ3) is 4.71. The maximum absolute atomic E-state index is 12.2. The monoisotopic (exact) mass is 334 g/mol. The molecule has 126 valence electrons. The summed E-state index contributed by atoms with van der Waals surface area (Å²) in [7, 11) is 0. The normalized spacial score (nSPS) is 24.9. The lowest BCUT2D eigenvalue weighted by Crippen LogP contribution is -2.31. The molecular formula is C19H27ClN2O. The molecule has 1 saturated carbocycles. The quantitative estimate of drug-likeness (QED) is 0.802. The molecular weight excluding hydrogens is 308 g/mol. The van der Waals surface area contributed by atoms with E-state index >= 15 is 0 Å². The predicted octanol–water partition coefficient (Wildman–Crippen LogP) is 3.83. The summed E-state index contributed by atoms with van der Waals surface area (Å²) in [6.45, 7) is 4.36. The molecule has 1 aliphatic carbocycles. The Morgan fingerprint density at radius 3 is 2.65 bits per heavy atom. The van der Waals surface area contributed by atoms with Crippen LogP contribution in [0.2, 0.25) is 5.02 Å². The van der Waals surface area contributed by atoms with Gasteiger partial charge in [0.1, 0.15) is 0 Å². The van der Waals surface area contributed by atoms with Crippen LogP contribution >= 0.6 is 11.6 Å². The number of amides is 1. The molecule has 0 radical (unpaired) electrons. The van der Waals surface area contributed by atoms with Crippen LogP contribution in [0.5, 0.6) is 0 Å². The lowest BCUT2D eigenvalue weighted by Gasteiger charge is -2.19. The van der Waals surface area contributed by atoms with Crippen LogP contribution in [0.15, 0.2) is 24.3 Å². The van der Waals surface area contributed by atoms with Gasteiger partial charge in [0.05, 0.1) is 0 Å². The van der Waals surface area contributed by atoms with E-state index < -0.39 is 0 Å². The second-order valence-electron chi connectivity index (χ2n) is 6.87. The highest BCUT2D eigenvalue weighted by Gasteiger charge is 2.44. The Balaban J connectivity index is 1.35. The van der Waals surface area contributed by atoms with Crippen molar-refractivity contribution in [2.24, 2.45) is 5.92 Å². The Kier molecular flexibility index (Phi) is 5.96. The van der Waals surface area contributed by atoms with Crippen LogP contribution in [-0.2, 0) is 4.79 Å². The van der Waals surface area contributed by atoms with E-state index in [-0.39, 0.29) is 11.8 Å². The van der Waals surface area contributed by atoms with Gasteiger partial charge in [-0.15, -0.1) is 0 Å². The second kappa shape index (κ2) is 8.16. The number of nitrogens with one attached hydrogen (secondary N) is 1. The zero-order valence-corrected chi connectivity index (χ0v) is 14.5. The first-order valence-electron chi connectivity index (χ1n) is 9.00. The highest BCUT2D eigenvalue weighted by molar-refractivity contribution is 6.31. The highest BCUT2D eigenvalue weighted by Crippen LogP contribution is 2.49. The fourth-order valence-corrected chi connectivity index (χ4v) is 3.89. The molecule has 1 heterocycles. The summed E-state index contributed by atoms with van der Waals surface area (Å²) in [6.07, 6.45) is 7.38. The Labute approximate surface area is 144 Å². The summed E-state index contributed by atoms with van der Waals surface area (Å²) in [5.74, 6) is 0.633. The number of benzene rings is 1. The van der Waals surface area contributed by atoms with Gasteiger partial charge in [-0.1, -0.05) is 42.6 Å². The average molecular weight is 335 g/mol. The number of hydrogen-bond donors (Lipinski definition) is 1. The summed E-state index contributed by atoms with van der Waals surface area (Å²) in [5.41, 5.74) is 1.12. The molecule has 0 spiro atoms. The molecule has 1 aromatic rings. The topological polar surface area (TPSA) is 32.3 Å². The minimum Gasteiger partial charge on any atom is -0.356 e. The first-order chi connectivity index (χ1) is 11.3. The molecule has 1 aromatic carbocycles. The standard InChI is InChI=1S/C19H27ClN2O/c20-18-9-4-3-8-15(18)16-14-17(16)19(23)21-10-7-13-22-11-5-1-2-6-12-22/h3-4,8-9,16-17H,1-2,5-7,10-14H2,(H,21,23). The van der Waals surface area contributed by atoms with Crippen LogP contribution in [0.4, 0.5) is 0 Å². The molecule has 23 heavy (non-hydrogen) atoms. The molecule has 2 fully saturated rings. The highest BCUT2D eigenvalue weighted by atomic mass is 35.5. The fraction of sp³-hybridized carbons (Fsp3) is 0.632. The SMILES string of the molecule is O=C(NCCCN1CCCCCC1)C1CC1c1ccccc1Cl. The van der Waals surface area contributed by atoms with Crippen LogP contribution in [0.3, 0.4) is 0 Å². The van der Waals surface area contributed by atoms with E-state index in [0.29, 0.717) is 5.92 Å². The van der Waals surface area contributed by atoms with Gasteiger partial charge in [0.2, 0.25) is 5.91 Å². The predicted molar refractivity (Wildman–Crippen MR) is 94.8 cm³/mol. The Morgan fingerprint density at radius 2 is 1.91 bits per heavy atom. The van der Waals surface area contributed by atoms with E-state index in [9.17, 15) is 4.79 Å². The van der Waals surface area contributed by atoms with Gasteiger partial charge in [-0.2, -0.15) is 0 Å². The summed E-state index contributed by atoms with van der Waals surface area (Å²) >= 11 is 6.22. The lowest BCUT2D eigenvalue weighted by atomic mass is 10.1. The molecule has 1 amide bonds. The van der Waals surface area contributed by atoms with E-state index in [1.54, 1.807) is 0 Å². The number of halogens is 1. The Bertz CT molecular complexity index is 526. The number of hydrogen-bond acceptors (Lipinski definition) is 2. The van der Waals surface area contributed by atoms with Gasteiger partial charge >= 0.3 is 0 Å². The van der Waals surface area contributed by atoms with E-state index in [0.717, 1.165) is 36.5 Å². The largest absolute Gasteiger partial charge is 0.356 e. The first-order valence-corrected chi connectivity index (χ1v) is 9.38. The van der Waals surface area contributed by atoms with E-state index in [1.807, 2.05) is 24.3 Å². The average Bonchev–Trinajstić information content (AvgIpc) is 3.36. The summed E-state index contributed by atoms with van der Waals surface area (Å²) in [6, 6.07) is 7.88.